The van der Waals surface area contributed by atoms with Gasteiger partial charge >= 0.3 is 6.18 Å². The van der Waals surface area contributed by atoms with Crippen molar-refractivity contribution in [2.45, 2.75) is 38.0 Å². The van der Waals surface area contributed by atoms with Crippen molar-refractivity contribution in [2.75, 3.05) is 17.2 Å². The lowest BCUT2D eigenvalue weighted by molar-refractivity contribution is -0.106. The van der Waals surface area contributed by atoms with Crippen molar-refractivity contribution >= 4 is 37.6 Å². The number of aromatic nitrogens is 3. The summed E-state index contributed by atoms with van der Waals surface area (Å²) in [6, 6.07) is 3.17. The van der Waals surface area contributed by atoms with Crippen LogP contribution in [0.5, 0.6) is 0 Å². The Hall–Kier alpha value is -2.40. The Bertz CT molecular complexity index is 1150. The number of rotatable bonds is 4. The fourth-order valence-electron chi connectivity index (χ4n) is 3.88. The van der Waals surface area contributed by atoms with Crippen molar-refractivity contribution in [3.8, 4) is 0 Å². The second-order valence-electron chi connectivity index (χ2n) is 7.36. The smallest absolute Gasteiger partial charge is 0.352 e. The van der Waals surface area contributed by atoms with E-state index in [-0.39, 0.29) is 12.6 Å². The van der Waals surface area contributed by atoms with Crippen LogP contribution in [-0.2, 0) is 10.0 Å². The van der Waals surface area contributed by atoms with E-state index in [4.69, 9.17) is 0 Å². The van der Waals surface area contributed by atoms with E-state index in [0.717, 1.165) is 16.2 Å². The topological polar surface area (TPSA) is 91.0 Å². The Morgan fingerprint density at radius 2 is 2.07 bits per heavy atom. The number of pyridine rings is 2. The van der Waals surface area contributed by atoms with Crippen molar-refractivity contribution in [3.05, 3.63) is 30.7 Å². The highest BCUT2D eigenvalue weighted by atomic mass is 32.2. The fraction of sp³-hybridized carbons (Fsp3) is 0.444. The van der Waals surface area contributed by atoms with Gasteiger partial charge in [-0.1, -0.05) is 0 Å². The summed E-state index contributed by atoms with van der Waals surface area (Å²) in [7, 11) is -4.47. The lowest BCUT2D eigenvalue weighted by atomic mass is 9.99. The molecule has 3 aromatic heterocycles. The number of aromatic amines is 1. The molecule has 0 amide bonds. The normalized spacial score (nSPS) is 21.2. The van der Waals surface area contributed by atoms with E-state index in [1.807, 2.05) is 24.0 Å². The second kappa shape index (κ2) is 7.13. The quantitative estimate of drug-likeness (QED) is 0.668. The third-order valence-corrected chi connectivity index (χ3v) is 6.54. The molecule has 0 saturated carbocycles. The number of alkyl halides is 3. The summed E-state index contributed by atoms with van der Waals surface area (Å²) in [6.45, 7) is 2.23. The van der Waals surface area contributed by atoms with Crippen LogP contribution >= 0.6 is 0 Å². The average Bonchev–Trinajstić information content (AvgIpc) is 3.09. The third kappa shape index (κ3) is 4.15. The molecule has 7 nitrogen and oxygen atoms in total. The van der Waals surface area contributed by atoms with E-state index in [2.05, 4.69) is 19.7 Å². The predicted molar refractivity (Wildman–Crippen MR) is 104 cm³/mol. The maximum Gasteiger partial charge on any atom is 0.404 e. The molecule has 2 unspecified atom stereocenters. The summed E-state index contributed by atoms with van der Waals surface area (Å²) < 4.78 is 63.7. The first-order chi connectivity index (χ1) is 13.6. The van der Waals surface area contributed by atoms with Crippen molar-refractivity contribution < 1.29 is 21.6 Å². The molecule has 4 heterocycles. The highest BCUT2D eigenvalue weighted by Crippen LogP contribution is 2.33. The summed E-state index contributed by atoms with van der Waals surface area (Å²) in [5.74, 6) is -1.21. The Morgan fingerprint density at radius 3 is 2.83 bits per heavy atom. The molecule has 1 aliphatic rings. The fourth-order valence-corrected chi connectivity index (χ4v) is 5.09. The predicted octanol–water partition coefficient (Wildman–Crippen LogP) is 2.95. The number of nitrogens with one attached hydrogen (secondary N) is 2. The number of H-pyrrole nitrogens is 1. The molecule has 11 heteroatoms. The molecule has 2 atom stereocenters. The van der Waals surface area contributed by atoms with E-state index in [9.17, 15) is 21.6 Å². The maximum absolute atomic E-state index is 12.6. The van der Waals surface area contributed by atoms with E-state index in [0.29, 0.717) is 24.3 Å². The Balaban J connectivity index is 1.67. The molecular formula is C18H20F3N5O2S. The van der Waals surface area contributed by atoms with Crippen LogP contribution in [0.2, 0.25) is 0 Å². The number of fused-ring (bicyclic) bond motifs is 3. The van der Waals surface area contributed by atoms with Gasteiger partial charge in [-0.2, -0.15) is 13.2 Å². The summed E-state index contributed by atoms with van der Waals surface area (Å²) >= 11 is 0. The number of piperidine rings is 1. The molecule has 0 bridgehead atoms. The molecule has 0 aromatic carbocycles. The van der Waals surface area contributed by atoms with Gasteiger partial charge in [-0.05, 0) is 31.9 Å². The molecule has 0 radical (unpaired) electrons. The van der Waals surface area contributed by atoms with Gasteiger partial charge in [-0.25, -0.2) is 23.1 Å². The molecule has 1 saturated heterocycles. The zero-order valence-electron chi connectivity index (χ0n) is 15.6. The largest absolute Gasteiger partial charge is 0.404 e. The van der Waals surface area contributed by atoms with Crippen molar-refractivity contribution in [1.82, 2.24) is 19.7 Å². The Labute approximate surface area is 165 Å². The van der Waals surface area contributed by atoms with E-state index < -0.39 is 28.0 Å². The van der Waals surface area contributed by atoms with E-state index >= 15 is 0 Å². The van der Waals surface area contributed by atoms with E-state index in [1.54, 1.807) is 18.6 Å². The van der Waals surface area contributed by atoms with Crippen molar-refractivity contribution in [2.24, 2.45) is 0 Å². The molecule has 4 rings (SSSR count). The van der Waals surface area contributed by atoms with Crippen molar-refractivity contribution in [1.29, 1.82) is 0 Å². The molecular weight excluding hydrogens is 407 g/mol. The van der Waals surface area contributed by atoms with E-state index in [1.165, 1.54) is 0 Å². The Kier molecular flexibility index (Phi) is 4.89. The minimum Gasteiger partial charge on any atom is -0.352 e. The number of halogens is 3. The number of hydrogen-bond donors (Lipinski definition) is 2. The summed E-state index contributed by atoms with van der Waals surface area (Å²) in [5.41, 5.74) is 0.707. The molecule has 0 spiro atoms. The van der Waals surface area contributed by atoms with Gasteiger partial charge in [0, 0.05) is 53.4 Å². The van der Waals surface area contributed by atoms with Crippen LogP contribution in [-0.4, -0.2) is 53.9 Å². The number of hydrogen-bond acceptors (Lipinski definition) is 5. The minimum absolute atomic E-state index is 0.0543. The van der Waals surface area contributed by atoms with Crippen LogP contribution < -0.4 is 9.62 Å². The van der Waals surface area contributed by atoms with Gasteiger partial charge < -0.3 is 9.88 Å². The van der Waals surface area contributed by atoms with Gasteiger partial charge in [0.05, 0.1) is 0 Å². The molecule has 156 valence electrons. The number of nitrogens with zero attached hydrogens (tertiary/aromatic N) is 3. The molecule has 1 aliphatic heterocycles. The highest BCUT2D eigenvalue weighted by Gasteiger charge is 2.37. The van der Waals surface area contributed by atoms with Crippen LogP contribution in [0.15, 0.2) is 30.7 Å². The third-order valence-electron chi connectivity index (χ3n) is 5.14. The lowest BCUT2D eigenvalue weighted by Gasteiger charge is -2.39. The summed E-state index contributed by atoms with van der Waals surface area (Å²) in [5, 5.41) is 2.65. The van der Waals surface area contributed by atoms with Crippen LogP contribution in [0, 0.1) is 0 Å². The average molecular weight is 427 g/mol. The number of anilines is 1. The standard InChI is InChI=1S/C18H20F3N5O2S/c1-11-2-3-13(25-29(27,28)10-18(19,20)21)9-26(11)17-15-12(4-6-23-17)8-24-16-14(15)5-7-22-16/h4-8,11,13,25H,2-3,9-10H2,1H3,(H,22,24). The van der Waals surface area contributed by atoms with Crippen molar-refractivity contribution in [3.63, 3.8) is 0 Å². The first kappa shape index (κ1) is 19.9. The Morgan fingerprint density at radius 1 is 1.28 bits per heavy atom. The van der Waals surface area contributed by atoms with Gasteiger partial charge in [-0.15, -0.1) is 0 Å². The lowest BCUT2D eigenvalue weighted by Crippen LogP contribution is -2.52. The first-order valence-corrected chi connectivity index (χ1v) is 10.8. The van der Waals surface area contributed by atoms with Gasteiger partial charge in [-0.3, -0.25) is 0 Å². The monoisotopic (exact) mass is 427 g/mol. The molecule has 3 aromatic rings. The van der Waals surface area contributed by atoms with Gasteiger partial charge in [0.2, 0.25) is 10.0 Å². The molecule has 0 aliphatic carbocycles. The zero-order chi connectivity index (χ0) is 20.8. The van der Waals surface area contributed by atoms with Crippen LogP contribution in [0.3, 0.4) is 0 Å². The van der Waals surface area contributed by atoms with Gasteiger partial charge in [0.1, 0.15) is 11.5 Å². The summed E-state index contributed by atoms with van der Waals surface area (Å²) in [6.07, 6.45) is 1.47. The van der Waals surface area contributed by atoms with Crippen LogP contribution in [0.25, 0.3) is 21.8 Å². The highest BCUT2D eigenvalue weighted by molar-refractivity contribution is 7.89. The molecule has 2 N–H and O–H groups in total. The SMILES string of the molecule is CC1CCC(NS(=O)(=O)CC(F)(F)F)CN1c1nccc2cnc3[nH]ccc3c12. The van der Waals surface area contributed by atoms with Crippen LogP contribution in [0.4, 0.5) is 19.0 Å². The molecule has 29 heavy (non-hydrogen) atoms. The van der Waals surface area contributed by atoms with Gasteiger partial charge in [0.25, 0.3) is 0 Å². The first-order valence-electron chi connectivity index (χ1n) is 9.17. The second-order valence-corrected chi connectivity index (χ2v) is 9.12. The summed E-state index contributed by atoms with van der Waals surface area (Å²) in [4.78, 5) is 13.9. The molecule has 1 fully saturated rings. The zero-order valence-corrected chi connectivity index (χ0v) is 16.4. The van der Waals surface area contributed by atoms with Crippen LogP contribution in [0.1, 0.15) is 19.8 Å². The van der Waals surface area contributed by atoms with Gasteiger partial charge in [0.15, 0.2) is 5.75 Å². The maximum atomic E-state index is 12.6. The number of sulfonamides is 1. The minimum atomic E-state index is -4.78.